The molecule has 1 aromatic heterocycles. The number of hydrogen-bond donors (Lipinski definition) is 2. The number of aromatic nitrogens is 1. The number of halogens is 5. The summed E-state index contributed by atoms with van der Waals surface area (Å²) in [5.41, 5.74) is 8.83. The molecule has 38 heavy (non-hydrogen) atoms. The van der Waals surface area contributed by atoms with Gasteiger partial charge in [0.2, 0.25) is 5.95 Å². The van der Waals surface area contributed by atoms with Crippen molar-refractivity contribution < 1.29 is 26.7 Å². The van der Waals surface area contributed by atoms with Gasteiger partial charge in [0.25, 0.3) is 5.91 Å². The van der Waals surface area contributed by atoms with Crippen molar-refractivity contribution in [2.75, 3.05) is 49.9 Å². The first kappa shape index (κ1) is 25.9. The van der Waals surface area contributed by atoms with Crippen molar-refractivity contribution in [1.82, 2.24) is 15.2 Å². The SMILES string of the molecule is Nc1nc(F)c(-c2ccc(N3CCN(CCC(F)(F)F)CC3)cc2)cc1-c1cc2c(cc1F)C(=O)NCC2. The number of alkyl halides is 3. The number of carbonyl (C=O) groups excluding carboxylic acids is 1. The summed E-state index contributed by atoms with van der Waals surface area (Å²) in [5.74, 6) is -1.96. The zero-order valence-corrected chi connectivity index (χ0v) is 20.4. The molecule has 0 bridgehead atoms. The van der Waals surface area contributed by atoms with E-state index in [1.807, 2.05) is 12.1 Å². The first-order chi connectivity index (χ1) is 18.1. The molecule has 2 aromatic carbocycles. The highest BCUT2D eigenvalue weighted by Gasteiger charge is 2.29. The Morgan fingerprint density at radius 1 is 0.921 bits per heavy atom. The largest absolute Gasteiger partial charge is 0.390 e. The monoisotopic (exact) mass is 531 g/mol. The number of piperazine rings is 1. The number of rotatable bonds is 5. The third-order valence-electron chi connectivity index (χ3n) is 7.04. The molecule has 1 saturated heterocycles. The van der Waals surface area contributed by atoms with Crippen LogP contribution in [-0.4, -0.2) is 61.2 Å². The Kier molecular flexibility index (Phi) is 6.95. The first-order valence-electron chi connectivity index (χ1n) is 12.3. The molecule has 200 valence electrons. The molecule has 6 nitrogen and oxygen atoms in total. The van der Waals surface area contributed by atoms with Crippen molar-refractivity contribution >= 4 is 17.4 Å². The van der Waals surface area contributed by atoms with Crippen LogP contribution in [0.5, 0.6) is 0 Å². The van der Waals surface area contributed by atoms with E-state index in [2.05, 4.69) is 15.2 Å². The Balaban J connectivity index is 1.36. The number of nitrogens with two attached hydrogens (primary N) is 1. The minimum atomic E-state index is -4.17. The second kappa shape index (κ2) is 10.2. The van der Waals surface area contributed by atoms with Crippen LogP contribution >= 0.6 is 0 Å². The number of nitrogens with zero attached hydrogens (tertiary/aromatic N) is 3. The number of amides is 1. The molecule has 2 aliphatic rings. The summed E-state index contributed by atoms with van der Waals surface area (Å²) < 4.78 is 67.4. The summed E-state index contributed by atoms with van der Waals surface area (Å²) in [6, 6.07) is 11.3. The van der Waals surface area contributed by atoms with Crippen LogP contribution < -0.4 is 16.0 Å². The standard InChI is InChI=1S/C27H26F5N5O/c28-23-15-20-17(5-7-34-26(20)38)13-21(23)22-14-19(24(29)35-25(22)33)16-1-3-18(4-2-16)37-11-9-36(10-12-37)8-6-27(30,31)32/h1-4,13-15H,5-12H2,(H2,33,35)(H,34,38). The molecule has 1 fully saturated rings. The Hall–Kier alpha value is -3.73. The Morgan fingerprint density at radius 3 is 2.32 bits per heavy atom. The molecule has 3 aromatic rings. The van der Waals surface area contributed by atoms with Crippen molar-refractivity contribution in [2.45, 2.75) is 19.0 Å². The normalized spacial score (nSPS) is 16.3. The average Bonchev–Trinajstić information content (AvgIpc) is 2.88. The highest BCUT2D eigenvalue weighted by atomic mass is 19.4. The quantitative estimate of drug-likeness (QED) is 0.371. The molecule has 3 N–H and O–H groups in total. The van der Waals surface area contributed by atoms with Crippen LogP contribution in [0.3, 0.4) is 0 Å². The number of hydrogen-bond acceptors (Lipinski definition) is 5. The fraction of sp³-hybridized carbons (Fsp3) is 0.333. The lowest BCUT2D eigenvalue weighted by Gasteiger charge is -2.36. The molecular weight excluding hydrogens is 505 g/mol. The van der Waals surface area contributed by atoms with Gasteiger partial charge in [-0.1, -0.05) is 12.1 Å². The Morgan fingerprint density at radius 2 is 1.63 bits per heavy atom. The molecule has 11 heteroatoms. The molecule has 0 saturated carbocycles. The lowest BCUT2D eigenvalue weighted by Crippen LogP contribution is -2.47. The summed E-state index contributed by atoms with van der Waals surface area (Å²) in [7, 11) is 0. The molecule has 0 radical (unpaired) electrons. The van der Waals surface area contributed by atoms with E-state index in [4.69, 9.17) is 5.73 Å². The second-order valence-corrected chi connectivity index (χ2v) is 9.50. The maximum absolute atomic E-state index is 15.0. The summed E-state index contributed by atoms with van der Waals surface area (Å²) in [6.07, 6.45) is -4.45. The van der Waals surface area contributed by atoms with E-state index in [0.29, 0.717) is 50.3 Å². The molecule has 5 rings (SSSR count). The average molecular weight is 532 g/mol. The van der Waals surface area contributed by atoms with Gasteiger partial charge in [0.15, 0.2) is 0 Å². The minimum Gasteiger partial charge on any atom is -0.383 e. The Labute approximate surface area is 216 Å². The third kappa shape index (κ3) is 5.42. The summed E-state index contributed by atoms with van der Waals surface area (Å²) in [4.78, 5) is 19.7. The van der Waals surface area contributed by atoms with Crippen molar-refractivity contribution in [3.8, 4) is 22.3 Å². The molecule has 3 heterocycles. The molecule has 0 aliphatic carbocycles. The first-order valence-corrected chi connectivity index (χ1v) is 12.3. The summed E-state index contributed by atoms with van der Waals surface area (Å²) >= 11 is 0. The van der Waals surface area contributed by atoms with Crippen LogP contribution in [-0.2, 0) is 6.42 Å². The number of nitrogen functional groups attached to an aromatic ring is 1. The van der Waals surface area contributed by atoms with E-state index in [1.54, 1.807) is 23.1 Å². The molecular formula is C27H26F5N5O. The lowest BCUT2D eigenvalue weighted by atomic mass is 9.93. The second-order valence-electron chi connectivity index (χ2n) is 9.50. The van der Waals surface area contributed by atoms with E-state index in [9.17, 15) is 22.4 Å². The molecule has 1 amide bonds. The van der Waals surface area contributed by atoms with Gasteiger partial charge in [0.05, 0.1) is 6.42 Å². The van der Waals surface area contributed by atoms with Gasteiger partial charge in [-0.3, -0.25) is 9.69 Å². The lowest BCUT2D eigenvalue weighted by molar-refractivity contribution is -0.138. The number of anilines is 2. The fourth-order valence-corrected chi connectivity index (χ4v) is 4.94. The maximum atomic E-state index is 15.0. The van der Waals surface area contributed by atoms with Crippen molar-refractivity contribution in [2.24, 2.45) is 0 Å². The van der Waals surface area contributed by atoms with Crippen molar-refractivity contribution in [1.29, 1.82) is 0 Å². The third-order valence-corrected chi connectivity index (χ3v) is 7.04. The zero-order chi connectivity index (χ0) is 27.0. The van der Waals surface area contributed by atoms with Gasteiger partial charge >= 0.3 is 6.18 Å². The van der Waals surface area contributed by atoms with Gasteiger partial charge in [-0.15, -0.1) is 0 Å². The molecule has 0 atom stereocenters. The zero-order valence-electron chi connectivity index (χ0n) is 20.4. The number of carbonyl (C=O) groups is 1. The smallest absolute Gasteiger partial charge is 0.383 e. The van der Waals surface area contributed by atoms with Crippen LogP contribution in [0.25, 0.3) is 22.3 Å². The molecule has 2 aliphatic heterocycles. The predicted molar refractivity (Wildman–Crippen MR) is 135 cm³/mol. The van der Waals surface area contributed by atoms with E-state index >= 15 is 4.39 Å². The van der Waals surface area contributed by atoms with Gasteiger partial charge in [-0.25, -0.2) is 9.37 Å². The van der Waals surface area contributed by atoms with Gasteiger partial charge in [0, 0.05) is 67.2 Å². The van der Waals surface area contributed by atoms with E-state index < -0.39 is 24.4 Å². The number of nitrogens with one attached hydrogen (secondary N) is 1. The number of benzene rings is 2. The fourth-order valence-electron chi connectivity index (χ4n) is 4.94. The van der Waals surface area contributed by atoms with E-state index in [1.165, 1.54) is 12.1 Å². The summed E-state index contributed by atoms with van der Waals surface area (Å²) in [5, 5.41) is 2.68. The van der Waals surface area contributed by atoms with Gasteiger partial charge < -0.3 is 16.0 Å². The highest BCUT2D eigenvalue weighted by molar-refractivity contribution is 5.97. The Bertz CT molecular complexity index is 1350. The van der Waals surface area contributed by atoms with Crippen molar-refractivity contribution in [3.05, 3.63) is 65.4 Å². The number of pyridine rings is 1. The predicted octanol–water partition coefficient (Wildman–Crippen LogP) is 4.64. The van der Waals surface area contributed by atoms with E-state index in [0.717, 1.165) is 5.69 Å². The highest BCUT2D eigenvalue weighted by Crippen LogP contribution is 2.35. The van der Waals surface area contributed by atoms with Crippen LogP contribution in [0.1, 0.15) is 22.3 Å². The topological polar surface area (TPSA) is 74.5 Å². The van der Waals surface area contributed by atoms with Gasteiger partial charge in [-0.2, -0.15) is 17.6 Å². The molecule has 0 unspecified atom stereocenters. The summed E-state index contributed by atoms with van der Waals surface area (Å²) in [6.45, 7) is 2.62. The molecule has 0 spiro atoms. The van der Waals surface area contributed by atoms with E-state index in [-0.39, 0.29) is 40.5 Å². The minimum absolute atomic E-state index is 0.0139. The van der Waals surface area contributed by atoms with Crippen molar-refractivity contribution in [3.63, 3.8) is 0 Å². The van der Waals surface area contributed by atoms with Crippen LogP contribution in [0.4, 0.5) is 33.5 Å². The van der Waals surface area contributed by atoms with Crippen LogP contribution in [0, 0.1) is 11.8 Å². The van der Waals surface area contributed by atoms with Crippen LogP contribution in [0.15, 0.2) is 42.5 Å². The van der Waals surface area contributed by atoms with Gasteiger partial charge in [0.1, 0.15) is 11.6 Å². The maximum Gasteiger partial charge on any atom is 0.390 e. The number of fused-ring (bicyclic) bond motifs is 1. The van der Waals surface area contributed by atoms with Crippen LogP contribution in [0.2, 0.25) is 0 Å². The van der Waals surface area contributed by atoms with Gasteiger partial charge in [-0.05, 0) is 47.9 Å².